The van der Waals surface area contributed by atoms with E-state index in [1.54, 1.807) is 36.3 Å². The van der Waals surface area contributed by atoms with Crippen LogP contribution in [0.4, 0.5) is 10.8 Å². The first kappa shape index (κ1) is 22.3. The molecule has 0 saturated carbocycles. The van der Waals surface area contributed by atoms with Gasteiger partial charge in [-0.1, -0.05) is 0 Å². The van der Waals surface area contributed by atoms with Crippen LogP contribution in [0.25, 0.3) is 11.4 Å². The van der Waals surface area contributed by atoms with Crippen LogP contribution in [0.3, 0.4) is 0 Å². The van der Waals surface area contributed by atoms with Crippen molar-refractivity contribution in [2.24, 2.45) is 7.05 Å². The molecule has 2 atom stereocenters. The maximum Gasteiger partial charge on any atom is 0.277 e. The van der Waals surface area contributed by atoms with Gasteiger partial charge in [0.05, 0.1) is 24.9 Å². The molecule has 1 aromatic carbocycles. The van der Waals surface area contributed by atoms with Gasteiger partial charge in [-0.15, -0.1) is 11.3 Å². The molecule has 0 amide bonds. The molecule has 0 radical (unpaired) electrons. The zero-order valence-corrected chi connectivity index (χ0v) is 19.9. The second-order valence-corrected chi connectivity index (χ2v) is 8.78. The van der Waals surface area contributed by atoms with E-state index in [1.807, 2.05) is 44.4 Å². The number of thiazole rings is 1. The van der Waals surface area contributed by atoms with Crippen LogP contribution in [-0.2, 0) is 11.8 Å². The summed E-state index contributed by atoms with van der Waals surface area (Å²) in [6.45, 7) is 7.90. The quantitative estimate of drug-likeness (QED) is 0.586. The number of methoxy groups -OCH3 is 1. The molecule has 0 unspecified atom stereocenters. The minimum atomic E-state index is -0.106. The van der Waals surface area contributed by atoms with E-state index in [0.29, 0.717) is 30.4 Å². The lowest BCUT2D eigenvalue weighted by Crippen LogP contribution is -2.38. The Labute approximate surface area is 191 Å². The van der Waals surface area contributed by atoms with E-state index in [2.05, 4.69) is 15.2 Å². The maximum absolute atomic E-state index is 13.4. The summed E-state index contributed by atoms with van der Waals surface area (Å²) in [5.74, 6) is 1.41. The number of nitrogens with zero attached hydrogens (tertiary/aromatic N) is 4. The first-order chi connectivity index (χ1) is 15.4. The zero-order chi connectivity index (χ0) is 22.8. The second kappa shape index (κ2) is 9.30. The Kier molecular flexibility index (Phi) is 6.48. The first-order valence-electron chi connectivity index (χ1n) is 10.7. The Morgan fingerprint density at radius 2 is 2.09 bits per heavy atom. The molecule has 1 aliphatic heterocycles. The molecular formula is C23H29N5O3S. The number of aryl methyl sites for hydroxylation is 2. The Bertz CT molecular complexity index is 1150. The molecule has 1 fully saturated rings. The Balaban J connectivity index is 1.64. The minimum Gasteiger partial charge on any atom is -0.497 e. The largest absolute Gasteiger partial charge is 0.497 e. The maximum atomic E-state index is 13.4. The van der Waals surface area contributed by atoms with Gasteiger partial charge >= 0.3 is 0 Å². The van der Waals surface area contributed by atoms with Gasteiger partial charge in [-0.25, -0.2) is 9.97 Å². The van der Waals surface area contributed by atoms with Gasteiger partial charge in [-0.05, 0) is 44.5 Å². The lowest BCUT2D eigenvalue weighted by Gasteiger charge is -2.22. The molecule has 0 aliphatic carbocycles. The summed E-state index contributed by atoms with van der Waals surface area (Å²) < 4.78 is 12.9. The van der Waals surface area contributed by atoms with Crippen LogP contribution >= 0.6 is 11.3 Å². The van der Waals surface area contributed by atoms with Gasteiger partial charge < -0.3 is 19.7 Å². The van der Waals surface area contributed by atoms with Gasteiger partial charge in [0.1, 0.15) is 17.3 Å². The van der Waals surface area contributed by atoms with Crippen LogP contribution in [0.15, 0.2) is 34.6 Å². The topological polar surface area (TPSA) is 81.5 Å². The smallest absolute Gasteiger partial charge is 0.277 e. The molecule has 170 valence electrons. The van der Waals surface area contributed by atoms with Gasteiger partial charge in [0.2, 0.25) is 0 Å². The van der Waals surface area contributed by atoms with Gasteiger partial charge in [-0.2, -0.15) is 0 Å². The third kappa shape index (κ3) is 4.22. The Morgan fingerprint density at radius 3 is 2.75 bits per heavy atom. The number of hydrogen-bond acceptors (Lipinski definition) is 8. The highest BCUT2D eigenvalue weighted by atomic mass is 32.1. The molecule has 0 spiro atoms. The predicted octanol–water partition coefficient (Wildman–Crippen LogP) is 3.24. The molecule has 32 heavy (non-hydrogen) atoms. The van der Waals surface area contributed by atoms with Crippen LogP contribution < -0.4 is 20.5 Å². The summed E-state index contributed by atoms with van der Waals surface area (Å²) in [6, 6.07) is 5.73. The van der Waals surface area contributed by atoms with E-state index in [9.17, 15) is 4.79 Å². The van der Waals surface area contributed by atoms with Crippen LogP contribution in [-0.4, -0.2) is 53.5 Å². The summed E-state index contributed by atoms with van der Waals surface area (Å²) in [5.41, 5.74) is 2.98. The highest BCUT2D eigenvalue weighted by molar-refractivity contribution is 7.13. The number of hydrogen-bond donors (Lipinski definition) is 1. The van der Waals surface area contributed by atoms with Crippen LogP contribution in [0, 0.1) is 13.8 Å². The van der Waals surface area contributed by atoms with Crippen molar-refractivity contribution in [3.63, 3.8) is 0 Å². The summed E-state index contributed by atoms with van der Waals surface area (Å²) >= 11 is 1.61. The second-order valence-electron chi connectivity index (χ2n) is 7.91. The SMILES string of the molecule is CCO[C@H]1CN(c2nccs2)C[C@H]1Nc1c(C)nc(-c2ccc(OC)cc2C)n(C)c1=O. The van der Waals surface area contributed by atoms with E-state index in [-0.39, 0.29) is 17.7 Å². The molecule has 2 aromatic heterocycles. The average Bonchev–Trinajstić information content (AvgIpc) is 3.44. The summed E-state index contributed by atoms with van der Waals surface area (Å²) in [7, 11) is 3.40. The molecule has 3 aromatic rings. The van der Waals surface area contributed by atoms with Crippen molar-refractivity contribution in [3.05, 3.63) is 51.4 Å². The molecule has 4 rings (SSSR count). The number of benzene rings is 1. The standard InChI is InChI=1S/C23H29N5O3S/c1-6-31-19-13-28(23-24-9-10-32-23)12-18(19)26-20-15(3)25-21(27(4)22(20)29)17-8-7-16(30-5)11-14(17)2/h7-11,18-19,26H,6,12-13H2,1-5H3/t18-,19+/m1/s1. The first-order valence-corrected chi connectivity index (χ1v) is 11.6. The van der Waals surface area contributed by atoms with E-state index in [1.165, 1.54) is 0 Å². The van der Waals surface area contributed by atoms with Crippen LogP contribution in [0.1, 0.15) is 18.2 Å². The molecular weight excluding hydrogens is 426 g/mol. The minimum absolute atomic E-state index is 0.0411. The van der Waals surface area contributed by atoms with E-state index in [4.69, 9.17) is 14.5 Å². The molecule has 3 heterocycles. The zero-order valence-electron chi connectivity index (χ0n) is 19.1. The summed E-state index contributed by atoms with van der Waals surface area (Å²) in [5, 5.41) is 6.38. The van der Waals surface area contributed by atoms with E-state index in [0.717, 1.165) is 28.6 Å². The van der Waals surface area contributed by atoms with Crippen molar-refractivity contribution in [1.82, 2.24) is 14.5 Å². The highest BCUT2D eigenvalue weighted by Gasteiger charge is 2.35. The van der Waals surface area contributed by atoms with E-state index >= 15 is 0 Å². The van der Waals surface area contributed by atoms with Crippen molar-refractivity contribution in [1.29, 1.82) is 0 Å². The molecule has 1 saturated heterocycles. The number of aromatic nitrogens is 3. The van der Waals surface area contributed by atoms with Gasteiger partial charge in [0.25, 0.3) is 5.56 Å². The normalized spacial score (nSPS) is 18.2. The van der Waals surface area contributed by atoms with Crippen molar-refractivity contribution in [2.45, 2.75) is 32.9 Å². The fraction of sp³-hybridized carbons (Fsp3) is 0.435. The molecule has 1 aliphatic rings. The number of anilines is 2. The number of ether oxygens (including phenoxy) is 2. The lowest BCUT2D eigenvalue weighted by molar-refractivity contribution is 0.0720. The highest BCUT2D eigenvalue weighted by Crippen LogP contribution is 2.28. The third-order valence-corrected chi connectivity index (χ3v) is 6.64. The predicted molar refractivity (Wildman–Crippen MR) is 128 cm³/mol. The van der Waals surface area contributed by atoms with Gasteiger partial charge in [0.15, 0.2) is 5.13 Å². The summed E-state index contributed by atoms with van der Waals surface area (Å²) in [4.78, 5) is 24.8. The van der Waals surface area contributed by atoms with Crippen molar-refractivity contribution in [3.8, 4) is 17.1 Å². The van der Waals surface area contributed by atoms with Gasteiger partial charge in [0, 0.05) is 43.9 Å². The molecule has 1 N–H and O–H groups in total. The lowest BCUT2D eigenvalue weighted by atomic mass is 10.1. The third-order valence-electron chi connectivity index (χ3n) is 5.81. The fourth-order valence-corrected chi connectivity index (χ4v) is 4.80. The summed E-state index contributed by atoms with van der Waals surface area (Å²) in [6.07, 6.45) is 1.76. The fourth-order valence-electron chi connectivity index (χ4n) is 4.14. The van der Waals surface area contributed by atoms with Crippen molar-refractivity contribution < 1.29 is 9.47 Å². The average molecular weight is 456 g/mol. The monoisotopic (exact) mass is 455 g/mol. The number of rotatable bonds is 7. The van der Waals surface area contributed by atoms with Gasteiger partial charge in [-0.3, -0.25) is 9.36 Å². The number of nitrogens with one attached hydrogen (secondary N) is 1. The van der Waals surface area contributed by atoms with Crippen LogP contribution in [0.5, 0.6) is 5.75 Å². The Hall–Kier alpha value is -2.91. The van der Waals surface area contributed by atoms with Crippen LogP contribution in [0.2, 0.25) is 0 Å². The molecule has 9 heteroatoms. The molecule has 8 nitrogen and oxygen atoms in total. The van der Waals surface area contributed by atoms with Crippen molar-refractivity contribution in [2.75, 3.05) is 37.0 Å². The van der Waals surface area contributed by atoms with Crippen molar-refractivity contribution >= 4 is 22.2 Å². The molecule has 0 bridgehead atoms. The van der Waals surface area contributed by atoms with E-state index < -0.39 is 0 Å². The Morgan fingerprint density at radius 1 is 1.28 bits per heavy atom.